The van der Waals surface area contributed by atoms with Gasteiger partial charge in [-0.3, -0.25) is 0 Å². The molecular formula is C20H15I. The molecule has 102 valence electrons. The number of hydrogen-bond donors (Lipinski definition) is 0. The highest BCUT2D eigenvalue weighted by Gasteiger charge is 2.11. The smallest absolute Gasteiger partial charge is 0.0287 e. The van der Waals surface area contributed by atoms with Crippen LogP contribution in [0.1, 0.15) is 16.7 Å². The summed E-state index contributed by atoms with van der Waals surface area (Å²) in [4.78, 5) is 0. The molecule has 21 heavy (non-hydrogen) atoms. The van der Waals surface area contributed by atoms with Crippen LogP contribution in [0.2, 0.25) is 0 Å². The van der Waals surface area contributed by atoms with E-state index in [4.69, 9.17) is 0 Å². The topological polar surface area (TPSA) is 0 Å². The molecule has 0 radical (unpaired) electrons. The summed E-state index contributed by atoms with van der Waals surface area (Å²) in [7, 11) is 0. The maximum Gasteiger partial charge on any atom is 0.0287 e. The molecule has 3 rings (SSSR count). The van der Waals surface area contributed by atoms with E-state index in [1.165, 1.54) is 25.8 Å². The molecule has 1 heteroatoms. The van der Waals surface area contributed by atoms with E-state index in [0.717, 1.165) is 0 Å². The van der Waals surface area contributed by atoms with Gasteiger partial charge in [-0.05, 0) is 39.3 Å². The fourth-order valence-electron chi connectivity index (χ4n) is 2.36. The molecule has 3 aromatic rings. The van der Waals surface area contributed by atoms with Gasteiger partial charge in [0.15, 0.2) is 0 Å². The molecule has 0 nitrogen and oxygen atoms in total. The lowest BCUT2D eigenvalue weighted by Crippen LogP contribution is -1.90. The monoisotopic (exact) mass is 382 g/mol. The Morgan fingerprint density at radius 3 is 1.19 bits per heavy atom. The Morgan fingerprint density at radius 2 is 0.810 bits per heavy atom. The maximum absolute atomic E-state index is 2.46. The zero-order valence-corrected chi connectivity index (χ0v) is 13.7. The van der Waals surface area contributed by atoms with Crippen molar-refractivity contribution in [3.63, 3.8) is 0 Å². The first-order valence-corrected chi connectivity index (χ1v) is 8.00. The lowest BCUT2D eigenvalue weighted by atomic mass is 9.96. The van der Waals surface area contributed by atoms with Gasteiger partial charge in [0.05, 0.1) is 0 Å². The molecule has 0 heterocycles. The Bertz CT molecular complexity index is 687. The quantitative estimate of drug-likeness (QED) is 0.383. The standard InChI is InChI=1S/C20H15I/c21-20(18-14-8-3-9-15-18)19(16-10-4-1-5-11-16)17-12-6-2-7-13-17/h1-15H. The van der Waals surface area contributed by atoms with Gasteiger partial charge >= 0.3 is 0 Å². The van der Waals surface area contributed by atoms with Gasteiger partial charge in [-0.1, -0.05) is 91.0 Å². The maximum atomic E-state index is 2.46. The first-order chi connectivity index (χ1) is 10.4. The minimum Gasteiger partial charge on any atom is -0.0622 e. The van der Waals surface area contributed by atoms with Crippen LogP contribution in [-0.4, -0.2) is 0 Å². The molecule has 0 saturated heterocycles. The van der Waals surface area contributed by atoms with Crippen molar-refractivity contribution in [3.05, 3.63) is 108 Å². The van der Waals surface area contributed by atoms with Crippen molar-refractivity contribution in [1.82, 2.24) is 0 Å². The summed E-state index contributed by atoms with van der Waals surface area (Å²) in [5.41, 5.74) is 5.03. The van der Waals surface area contributed by atoms with Crippen LogP contribution in [-0.2, 0) is 0 Å². The molecule has 0 spiro atoms. The van der Waals surface area contributed by atoms with Gasteiger partial charge in [0, 0.05) is 9.15 Å². The predicted molar refractivity (Wildman–Crippen MR) is 99.3 cm³/mol. The molecular weight excluding hydrogens is 367 g/mol. The molecule has 0 saturated carbocycles. The van der Waals surface area contributed by atoms with E-state index in [1.54, 1.807) is 0 Å². The van der Waals surface area contributed by atoms with Crippen LogP contribution < -0.4 is 0 Å². The number of benzene rings is 3. The molecule has 0 aliphatic rings. The van der Waals surface area contributed by atoms with E-state index in [-0.39, 0.29) is 0 Å². The molecule has 0 N–H and O–H groups in total. The zero-order valence-electron chi connectivity index (χ0n) is 11.5. The first kappa shape index (κ1) is 14.1. The van der Waals surface area contributed by atoms with E-state index in [1.807, 2.05) is 0 Å². The van der Waals surface area contributed by atoms with Crippen LogP contribution >= 0.6 is 22.6 Å². The Hall–Kier alpha value is -1.87. The van der Waals surface area contributed by atoms with Gasteiger partial charge in [0.25, 0.3) is 0 Å². The Morgan fingerprint density at radius 1 is 0.476 bits per heavy atom. The molecule has 0 aliphatic heterocycles. The molecule has 0 aromatic heterocycles. The summed E-state index contributed by atoms with van der Waals surface area (Å²) >= 11 is 2.46. The summed E-state index contributed by atoms with van der Waals surface area (Å²) in [6.45, 7) is 0. The van der Waals surface area contributed by atoms with Gasteiger partial charge in [-0.2, -0.15) is 0 Å². The van der Waals surface area contributed by atoms with E-state index in [0.29, 0.717) is 0 Å². The average molecular weight is 382 g/mol. The molecule has 0 fully saturated rings. The van der Waals surface area contributed by atoms with Crippen LogP contribution in [0.4, 0.5) is 0 Å². The summed E-state index contributed by atoms with van der Waals surface area (Å²) in [6.07, 6.45) is 0. The second-order valence-corrected chi connectivity index (χ2v) is 5.87. The molecule has 0 unspecified atom stereocenters. The second kappa shape index (κ2) is 6.72. The Labute approximate surface area is 139 Å². The Kier molecular flexibility index (Phi) is 4.51. The fraction of sp³-hybridized carbons (Fsp3) is 0. The van der Waals surface area contributed by atoms with Crippen LogP contribution in [0.5, 0.6) is 0 Å². The largest absolute Gasteiger partial charge is 0.0622 e. The lowest BCUT2D eigenvalue weighted by molar-refractivity contribution is 1.55. The van der Waals surface area contributed by atoms with Crippen molar-refractivity contribution in [2.75, 3.05) is 0 Å². The predicted octanol–water partition coefficient (Wildman–Crippen LogP) is 6.04. The van der Waals surface area contributed by atoms with E-state index in [9.17, 15) is 0 Å². The normalized spacial score (nSPS) is 10.1. The second-order valence-electron chi connectivity index (χ2n) is 4.79. The van der Waals surface area contributed by atoms with Crippen LogP contribution in [0.25, 0.3) is 9.15 Å². The van der Waals surface area contributed by atoms with Crippen molar-refractivity contribution < 1.29 is 0 Å². The highest BCUT2D eigenvalue weighted by molar-refractivity contribution is 14.1. The molecule has 0 bridgehead atoms. The highest BCUT2D eigenvalue weighted by atomic mass is 127. The fourth-order valence-corrected chi connectivity index (χ4v) is 3.34. The molecule has 0 amide bonds. The third kappa shape index (κ3) is 3.24. The third-order valence-electron chi connectivity index (χ3n) is 3.37. The third-order valence-corrected chi connectivity index (χ3v) is 4.53. The van der Waals surface area contributed by atoms with Gasteiger partial charge in [0.1, 0.15) is 0 Å². The number of rotatable bonds is 3. The Balaban J connectivity index is 2.22. The SMILES string of the molecule is IC(=C(c1ccccc1)c1ccccc1)c1ccccc1. The van der Waals surface area contributed by atoms with Crippen molar-refractivity contribution in [2.24, 2.45) is 0 Å². The van der Waals surface area contributed by atoms with Crippen LogP contribution in [0, 0.1) is 0 Å². The van der Waals surface area contributed by atoms with Crippen molar-refractivity contribution in [1.29, 1.82) is 0 Å². The number of halogens is 1. The van der Waals surface area contributed by atoms with Gasteiger partial charge < -0.3 is 0 Å². The van der Waals surface area contributed by atoms with Gasteiger partial charge in [0.2, 0.25) is 0 Å². The van der Waals surface area contributed by atoms with E-state index < -0.39 is 0 Å². The van der Waals surface area contributed by atoms with Gasteiger partial charge in [-0.15, -0.1) is 0 Å². The minimum absolute atomic E-state index is 1.25. The van der Waals surface area contributed by atoms with Gasteiger partial charge in [-0.25, -0.2) is 0 Å². The van der Waals surface area contributed by atoms with Crippen LogP contribution in [0.15, 0.2) is 91.0 Å². The zero-order chi connectivity index (χ0) is 14.5. The molecule has 3 aromatic carbocycles. The summed E-state index contributed by atoms with van der Waals surface area (Å²) in [5, 5.41) is 0. The van der Waals surface area contributed by atoms with E-state index in [2.05, 4.69) is 114 Å². The lowest BCUT2D eigenvalue weighted by Gasteiger charge is -2.12. The average Bonchev–Trinajstić information content (AvgIpc) is 2.58. The first-order valence-electron chi connectivity index (χ1n) is 6.92. The number of hydrogen-bond acceptors (Lipinski definition) is 0. The van der Waals surface area contributed by atoms with Crippen LogP contribution in [0.3, 0.4) is 0 Å². The summed E-state index contributed by atoms with van der Waals surface area (Å²) in [5.74, 6) is 0. The summed E-state index contributed by atoms with van der Waals surface area (Å²) < 4.78 is 1.27. The van der Waals surface area contributed by atoms with E-state index >= 15 is 0 Å². The summed E-state index contributed by atoms with van der Waals surface area (Å²) in [6, 6.07) is 31.7. The van der Waals surface area contributed by atoms with Crippen molar-refractivity contribution in [2.45, 2.75) is 0 Å². The highest BCUT2D eigenvalue weighted by Crippen LogP contribution is 2.36. The van der Waals surface area contributed by atoms with Crippen molar-refractivity contribution >= 4 is 31.7 Å². The minimum atomic E-state index is 1.25. The molecule has 0 atom stereocenters. The van der Waals surface area contributed by atoms with Crippen molar-refractivity contribution in [3.8, 4) is 0 Å². The molecule has 0 aliphatic carbocycles.